The van der Waals surface area contributed by atoms with E-state index < -0.39 is 6.03 Å². The Bertz CT molecular complexity index is 1370. The van der Waals surface area contributed by atoms with Gasteiger partial charge in [-0.25, -0.2) is 9.78 Å². The fourth-order valence-electron chi connectivity index (χ4n) is 4.69. The fraction of sp³-hybridized carbons (Fsp3) is 0.269. The summed E-state index contributed by atoms with van der Waals surface area (Å²) in [4.78, 5) is 18.2. The van der Waals surface area contributed by atoms with E-state index in [1.54, 1.807) is 22.8 Å². The number of primary amides is 1. The zero-order valence-electron chi connectivity index (χ0n) is 19.7. The number of nitrogens with one attached hydrogen (secondary N) is 2. The average Bonchev–Trinajstić information content (AvgIpc) is 3.25. The van der Waals surface area contributed by atoms with Crippen LogP contribution in [0.5, 0.6) is 5.75 Å². The minimum absolute atomic E-state index is 0.192. The van der Waals surface area contributed by atoms with Gasteiger partial charge in [-0.05, 0) is 71.1 Å². The van der Waals surface area contributed by atoms with Crippen molar-refractivity contribution < 1.29 is 9.90 Å². The van der Waals surface area contributed by atoms with E-state index in [1.807, 2.05) is 42.5 Å². The normalized spacial score (nSPS) is 16.2. The van der Waals surface area contributed by atoms with Crippen molar-refractivity contribution in [3.8, 4) is 17.0 Å². The van der Waals surface area contributed by atoms with Crippen LogP contribution in [-0.2, 0) is 6.54 Å². The molecular weight excluding hydrogens is 522 g/mol. The minimum atomic E-state index is -0.559. The number of piperidine rings is 1. The van der Waals surface area contributed by atoms with Crippen LogP contribution in [0.25, 0.3) is 16.9 Å². The molecule has 36 heavy (non-hydrogen) atoms. The molecule has 3 heterocycles. The number of phenolic OH excluding ortho intramolecular Hbond substituents is 1. The molecule has 1 saturated heterocycles. The lowest BCUT2D eigenvalue weighted by atomic mass is 9.97. The molecule has 2 aromatic carbocycles. The van der Waals surface area contributed by atoms with Gasteiger partial charge in [0.25, 0.3) is 0 Å². The number of urea groups is 1. The van der Waals surface area contributed by atoms with Crippen LogP contribution >= 0.6 is 15.9 Å². The summed E-state index contributed by atoms with van der Waals surface area (Å²) in [6.07, 6.45) is 4.01. The first-order valence-corrected chi connectivity index (χ1v) is 12.7. The Balaban J connectivity index is 1.27. The molecule has 5 N–H and O–H groups in total. The summed E-state index contributed by atoms with van der Waals surface area (Å²) in [6.45, 7) is 3.70. The topological polar surface area (TPSA) is 121 Å². The molecule has 0 radical (unpaired) electrons. The first-order chi connectivity index (χ1) is 17.5. The second-order valence-corrected chi connectivity index (χ2v) is 9.94. The van der Waals surface area contributed by atoms with Gasteiger partial charge in [-0.1, -0.05) is 24.3 Å². The Morgan fingerprint density at radius 1 is 1.19 bits per heavy atom. The summed E-state index contributed by atoms with van der Waals surface area (Å²) in [5.74, 6) is 1.50. The fourth-order valence-corrected chi connectivity index (χ4v) is 5.04. The molecule has 10 heteroatoms. The Labute approximate surface area is 217 Å². The molecule has 1 aliphatic heterocycles. The van der Waals surface area contributed by atoms with E-state index >= 15 is 0 Å². The standard InChI is InChI=1S/C26H28BrN7O2/c27-21-14-30-34-24(12-22(32-25(21)34)20-5-1-2-6-23(20)35)29-13-18-4-3-11-33(16-18)15-17-7-9-19(10-8-17)31-26(28)36/h1-2,5-10,12,14,18,29,35H,3-4,11,13,15-16H2,(H3,28,31,36). The van der Waals surface area contributed by atoms with E-state index in [9.17, 15) is 9.90 Å². The number of hydrogen-bond acceptors (Lipinski definition) is 6. The monoisotopic (exact) mass is 549 g/mol. The molecule has 0 saturated carbocycles. The minimum Gasteiger partial charge on any atom is -0.507 e. The molecule has 186 valence electrons. The largest absolute Gasteiger partial charge is 0.507 e. The molecule has 4 aromatic rings. The van der Waals surface area contributed by atoms with Crippen molar-refractivity contribution in [2.45, 2.75) is 19.4 Å². The van der Waals surface area contributed by atoms with Crippen LogP contribution in [0, 0.1) is 5.92 Å². The highest BCUT2D eigenvalue weighted by atomic mass is 79.9. The van der Waals surface area contributed by atoms with Crippen LogP contribution in [0.15, 0.2) is 65.3 Å². The summed E-state index contributed by atoms with van der Waals surface area (Å²) >= 11 is 3.54. The molecule has 0 aliphatic carbocycles. The number of aromatic nitrogens is 3. The van der Waals surface area contributed by atoms with Gasteiger partial charge in [-0.3, -0.25) is 4.90 Å². The van der Waals surface area contributed by atoms with Gasteiger partial charge in [0.2, 0.25) is 0 Å². The number of aromatic hydroxyl groups is 1. The molecule has 1 aliphatic rings. The lowest BCUT2D eigenvalue weighted by molar-refractivity contribution is 0.173. The quantitative estimate of drug-likeness (QED) is 0.265. The third kappa shape index (κ3) is 5.44. The smallest absolute Gasteiger partial charge is 0.316 e. The number of phenols is 1. The number of carbonyl (C=O) groups is 1. The van der Waals surface area contributed by atoms with E-state index in [1.165, 1.54) is 5.56 Å². The maximum absolute atomic E-state index is 11.0. The summed E-state index contributed by atoms with van der Waals surface area (Å²) in [5.41, 5.74) is 9.14. The molecule has 0 spiro atoms. The number of nitrogens with two attached hydrogens (primary N) is 1. The molecular formula is C26H28BrN7O2. The van der Waals surface area contributed by atoms with Gasteiger partial charge in [-0.15, -0.1) is 0 Å². The Hall–Kier alpha value is -3.63. The van der Waals surface area contributed by atoms with Gasteiger partial charge < -0.3 is 21.5 Å². The van der Waals surface area contributed by atoms with Gasteiger partial charge in [0, 0.05) is 37.0 Å². The summed E-state index contributed by atoms with van der Waals surface area (Å²) in [7, 11) is 0. The van der Waals surface area contributed by atoms with Gasteiger partial charge in [0.1, 0.15) is 11.6 Å². The average molecular weight is 550 g/mol. The van der Waals surface area contributed by atoms with Crippen LogP contribution in [0.3, 0.4) is 0 Å². The highest BCUT2D eigenvalue weighted by Gasteiger charge is 2.21. The zero-order chi connectivity index (χ0) is 25.1. The molecule has 5 rings (SSSR count). The van der Waals surface area contributed by atoms with Crippen LogP contribution in [0.4, 0.5) is 16.3 Å². The highest BCUT2D eigenvalue weighted by molar-refractivity contribution is 9.10. The Kier molecular flexibility index (Phi) is 7.06. The van der Waals surface area contributed by atoms with E-state index in [0.29, 0.717) is 28.5 Å². The van der Waals surface area contributed by atoms with Crippen molar-refractivity contribution in [1.29, 1.82) is 0 Å². The predicted molar refractivity (Wildman–Crippen MR) is 144 cm³/mol. The zero-order valence-corrected chi connectivity index (χ0v) is 21.3. The maximum atomic E-state index is 11.0. The van der Waals surface area contributed by atoms with Gasteiger partial charge >= 0.3 is 6.03 Å². The van der Waals surface area contributed by atoms with Crippen molar-refractivity contribution in [2.75, 3.05) is 30.3 Å². The van der Waals surface area contributed by atoms with Crippen molar-refractivity contribution in [2.24, 2.45) is 11.7 Å². The van der Waals surface area contributed by atoms with Crippen LogP contribution in [-0.4, -0.2) is 50.3 Å². The van der Waals surface area contributed by atoms with Crippen LogP contribution in [0.1, 0.15) is 18.4 Å². The Morgan fingerprint density at radius 3 is 2.78 bits per heavy atom. The Morgan fingerprint density at radius 2 is 2.00 bits per heavy atom. The van der Waals surface area contributed by atoms with E-state index in [0.717, 1.165) is 49.3 Å². The second kappa shape index (κ2) is 10.5. The summed E-state index contributed by atoms with van der Waals surface area (Å²) < 4.78 is 2.58. The van der Waals surface area contributed by atoms with Crippen LogP contribution < -0.4 is 16.4 Å². The lowest BCUT2D eigenvalue weighted by Gasteiger charge is -2.33. The van der Waals surface area contributed by atoms with Crippen molar-refractivity contribution >= 4 is 39.1 Å². The number of rotatable bonds is 7. The third-order valence-corrected chi connectivity index (χ3v) is 6.97. The number of nitrogens with zero attached hydrogens (tertiary/aromatic N) is 4. The molecule has 2 aromatic heterocycles. The van der Waals surface area contributed by atoms with Gasteiger partial charge in [0.05, 0.1) is 16.4 Å². The number of anilines is 2. The lowest BCUT2D eigenvalue weighted by Crippen LogP contribution is -2.37. The van der Waals surface area contributed by atoms with E-state index in [-0.39, 0.29) is 5.75 Å². The molecule has 1 fully saturated rings. The second-order valence-electron chi connectivity index (χ2n) is 9.08. The van der Waals surface area contributed by atoms with Crippen molar-refractivity contribution in [1.82, 2.24) is 19.5 Å². The molecule has 0 bridgehead atoms. The summed E-state index contributed by atoms with van der Waals surface area (Å²) in [6, 6.07) is 16.4. The molecule has 1 atom stereocenters. The molecule has 2 amide bonds. The first-order valence-electron chi connectivity index (χ1n) is 11.9. The van der Waals surface area contributed by atoms with Gasteiger partial charge in [0.15, 0.2) is 5.65 Å². The maximum Gasteiger partial charge on any atom is 0.316 e. The SMILES string of the molecule is NC(=O)Nc1ccc(CN2CCCC(CNc3cc(-c4ccccc4O)nc4c(Br)cnn34)C2)cc1. The first kappa shape index (κ1) is 24.1. The number of halogens is 1. The number of likely N-dealkylation sites (tertiary alicyclic amines) is 1. The number of carbonyl (C=O) groups excluding carboxylic acids is 1. The molecule has 1 unspecified atom stereocenters. The van der Waals surface area contributed by atoms with E-state index in [2.05, 4.69) is 36.6 Å². The summed E-state index contributed by atoms with van der Waals surface area (Å²) in [5, 5.41) is 21.0. The molecule has 9 nitrogen and oxygen atoms in total. The van der Waals surface area contributed by atoms with Crippen LogP contribution in [0.2, 0.25) is 0 Å². The number of hydrogen-bond donors (Lipinski definition) is 4. The van der Waals surface area contributed by atoms with E-state index in [4.69, 9.17) is 10.7 Å². The van der Waals surface area contributed by atoms with Crippen molar-refractivity contribution in [3.05, 3.63) is 70.8 Å². The predicted octanol–water partition coefficient (Wildman–Crippen LogP) is 4.68. The highest BCUT2D eigenvalue weighted by Crippen LogP contribution is 2.31. The van der Waals surface area contributed by atoms with Crippen molar-refractivity contribution in [3.63, 3.8) is 0 Å². The number of fused-ring (bicyclic) bond motifs is 1. The number of amides is 2. The number of benzene rings is 2. The van der Waals surface area contributed by atoms with Gasteiger partial charge in [-0.2, -0.15) is 9.61 Å². The third-order valence-electron chi connectivity index (χ3n) is 6.41. The number of para-hydroxylation sites is 1.